The van der Waals surface area contributed by atoms with Gasteiger partial charge in [0.15, 0.2) is 0 Å². The number of carbonyl (C=O) groups excluding carboxylic acids is 1. The second-order valence-corrected chi connectivity index (χ2v) is 7.00. The Morgan fingerprint density at radius 2 is 2.04 bits per heavy atom. The number of nitrogens with one attached hydrogen (secondary N) is 1. The molecule has 1 N–H and O–H groups in total. The number of amides is 1. The average Bonchev–Trinajstić information content (AvgIpc) is 3.34. The van der Waals surface area contributed by atoms with Gasteiger partial charge in [-0.2, -0.15) is 0 Å². The van der Waals surface area contributed by atoms with Crippen LogP contribution in [0.3, 0.4) is 0 Å². The number of fused-ring (bicyclic) bond motifs is 1. The van der Waals surface area contributed by atoms with E-state index in [4.69, 9.17) is 4.74 Å². The van der Waals surface area contributed by atoms with Gasteiger partial charge in [0.1, 0.15) is 0 Å². The van der Waals surface area contributed by atoms with Crippen LogP contribution in [0.2, 0.25) is 0 Å². The minimum atomic E-state index is -0.00152. The molecule has 1 aromatic rings. The minimum absolute atomic E-state index is 0.00152. The first-order valence-corrected chi connectivity index (χ1v) is 8.67. The quantitative estimate of drug-likeness (QED) is 0.866. The summed E-state index contributed by atoms with van der Waals surface area (Å²) in [5, 5.41) is 3.14. The van der Waals surface area contributed by atoms with Crippen LogP contribution in [0.5, 0.6) is 0 Å². The predicted molar refractivity (Wildman–Crippen MR) is 89.8 cm³/mol. The van der Waals surface area contributed by atoms with Gasteiger partial charge in [0, 0.05) is 31.2 Å². The van der Waals surface area contributed by atoms with E-state index in [0.717, 1.165) is 37.6 Å². The number of hydrogen-bond acceptors (Lipinski definition) is 3. The Balaban J connectivity index is 1.28. The van der Waals surface area contributed by atoms with Gasteiger partial charge in [0.25, 0.3) is 0 Å². The van der Waals surface area contributed by atoms with Crippen molar-refractivity contribution in [3.8, 4) is 0 Å². The Hall–Kier alpha value is -1.65. The Bertz CT molecular complexity index is 582. The number of benzene rings is 1. The minimum Gasteiger partial charge on any atom is -0.375 e. The van der Waals surface area contributed by atoms with E-state index in [9.17, 15) is 4.79 Å². The van der Waals surface area contributed by atoms with Crippen LogP contribution in [0.25, 0.3) is 6.08 Å². The fourth-order valence-corrected chi connectivity index (χ4v) is 3.74. The Kier molecular flexibility index (Phi) is 4.19. The molecule has 1 amide bonds. The summed E-state index contributed by atoms with van der Waals surface area (Å²) in [6.07, 6.45) is 7.59. The van der Waals surface area contributed by atoms with Gasteiger partial charge in [0.2, 0.25) is 5.91 Å². The van der Waals surface area contributed by atoms with Gasteiger partial charge in [0.05, 0.1) is 12.7 Å². The van der Waals surface area contributed by atoms with Crippen molar-refractivity contribution in [3.05, 3.63) is 42.0 Å². The second-order valence-electron chi connectivity index (χ2n) is 7.00. The number of rotatable bonds is 4. The highest BCUT2D eigenvalue weighted by Gasteiger charge is 2.42. The van der Waals surface area contributed by atoms with Gasteiger partial charge >= 0.3 is 0 Å². The largest absolute Gasteiger partial charge is 0.375 e. The highest BCUT2D eigenvalue weighted by Crippen LogP contribution is 2.37. The molecule has 0 unspecified atom stereocenters. The smallest absolute Gasteiger partial charge is 0.244 e. The molecule has 4 heteroatoms. The third-order valence-electron chi connectivity index (χ3n) is 5.17. The van der Waals surface area contributed by atoms with Crippen LogP contribution in [0.4, 0.5) is 0 Å². The summed E-state index contributed by atoms with van der Waals surface area (Å²) in [5.41, 5.74) is 1.05. The molecule has 2 aliphatic heterocycles. The van der Waals surface area contributed by atoms with E-state index in [1.54, 1.807) is 6.08 Å². The van der Waals surface area contributed by atoms with Crippen molar-refractivity contribution in [2.75, 3.05) is 19.7 Å². The van der Waals surface area contributed by atoms with E-state index in [2.05, 4.69) is 10.2 Å². The van der Waals surface area contributed by atoms with Crippen LogP contribution >= 0.6 is 0 Å². The van der Waals surface area contributed by atoms with Crippen LogP contribution in [0.15, 0.2) is 36.4 Å². The number of morpholine rings is 1. The zero-order chi connectivity index (χ0) is 15.6. The van der Waals surface area contributed by atoms with Crippen LogP contribution in [-0.4, -0.2) is 48.7 Å². The molecule has 23 heavy (non-hydrogen) atoms. The summed E-state index contributed by atoms with van der Waals surface area (Å²) >= 11 is 0. The molecule has 0 aromatic heterocycles. The van der Waals surface area contributed by atoms with Crippen LogP contribution in [0, 0.1) is 5.92 Å². The summed E-state index contributed by atoms with van der Waals surface area (Å²) in [7, 11) is 0. The molecule has 4 rings (SSSR count). The Morgan fingerprint density at radius 3 is 2.83 bits per heavy atom. The molecule has 3 aliphatic rings. The highest BCUT2D eigenvalue weighted by molar-refractivity contribution is 5.91. The Labute approximate surface area is 137 Å². The van der Waals surface area contributed by atoms with Crippen LogP contribution < -0.4 is 5.32 Å². The SMILES string of the molecule is O=C(C=Cc1ccccc1)N[C@@H]1C[C@H]2CO[C@@H](C3CC3)CN2C1. The van der Waals surface area contributed by atoms with Crippen molar-refractivity contribution in [2.24, 2.45) is 5.92 Å². The maximum absolute atomic E-state index is 12.1. The molecule has 3 fully saturated rings. The van der Waals surface area contributed by atoms with E-state index in [-0.39, 0.29) is 11.9 Å². The lowest BCUT2D eigenvalue weighted by Crippen LogP contribution is -2.47. The third-order valence-corrected chi connectivity index (χ3v) is 5.17. The lowest BCUT2D eigenvalue weighted by molar-refractivity contribution is -0.117. The van der Waals surface area contributed by atoms with Crippen LogP contribution in [0.1, 0.15) is 24.8 Å². The lowest BCUT2D eigenvalue weighted by Gasteiger charge is -2.35. The van der Waals surface area contributed by atoms with Gasteiger partial charge < -0.3 is 10.1 Å². The summed E-state index contributed by atoms with van der Waals surface area (Å²) in [4.78, 5) is 14.6. The summed E-state index contributed by atoms with van der Waals surface area (Å²) in [6.45, 7) is 2.83. The lowest BCUT2D eigenvalue weighted by atomic mass is 10.1. The predicted octanol–water partition coefficient (Wildman–Crippen LogP) is 2.07. The topological polar surface area (TPSA) is 41.6 Å². The summed E-state index contributed by atoms with van der Waals surface area (Å²) < 4.78 is 6.01. The molecule has 2 heterocycles. The molecular formula is C19H24N2O2. The van der Waals surface area contributed by atoms with Crippen molar-refractivity contribution >= 4 is 12.0 Å². The first-order valence-electron chi connectivity index (χ1n) is 8.67. The molecule has 1 saturated carbocycles. The zero-order valence-electron chi connectivity index (χ0n) is 13.4. The van der Waals surface area contributed by atoms with Crippen LogP contribution in [-0.2, 0) is 9.53 Å². The van der Waals surface area contributed by atoms with Gasteiger partial charge in [-0.3, -0.25) is 9.69 Å². The zero-order valence-corrected chi connectivity index (χ0v) is 13.4. The molecule has 0 radical (unpaired) electrons. The average molecular weight is 312 g/mol. The van der Waals surface area contributed by atoms with Crippen molar-refractivity contribution in [3.63, 3.8) is 0 Å². The van der Waals surface area contributed by atoms with Crippen molar-refractivity contribution in [2.45, 2.75) is 37.5 Å². The maximum atomic E-state index is 12.1. The van der Waals surface area contributed by atoms with E-state index >= 15 is 0 Å². The Morgan fingerprint density at radius 1 is 1.22 bits per heavy atom. The standard InChI is InChI=1S/C19H24N2O2/c22-19(9-6-14-4-2-1-3-5-14)20-16-10-17-13-23-18(15-7-8-15)12-21(17)11-16/h1-6,9,15-18H,7-8,10-13H2,(H,20,22)/t16-,17+,18-/m1/s1. The maximum Gasteiger partial charge on any atom is 0.244 e. The normalized spacial score (nSPS) is 31.2. The highest BCUT2D eigenvalue weighted by atomic mass is 16.5. The van der Waals surface area contributed by atoms with Crippen molar-refractivity contribution in [1.29, 1.82) is 0 Å². The summed E-state index contributed by atoms with van der Waals surface area (Å²) in [5.74, 6) is 0.789. The van der Waals surface area contributed by atoms with E-state index in [0.29, 0.717) is 12.1 Å². The third kappa shape index (κ3) is 3.65. The van der Waals surface area contributed by atoms with Gasteiger partial charge in [-0.25, -0.2) is 0 Å². The van der Waals surface area contributed by atoms with Gasteiger partial charge in [-0.05, 0) is 36.8 Å². The first kappa shape index (κ1) is 14.9. The van der Waals surface area contributed by atoms with Crippen molar-refractivity contribution < 1.29 is 9.53 Å². The van der Waals surface area contributed by atoms with E-state index < -0.39 is 0 Å². The number of nitrogens with zero attached hydrogens (tertiary/aromatic N) is 1. The van der Waals surface area contributed by atoms with E-state index in [1.807, 2.05) is 36.4 Å². The number of ether oxygens (including phenoxy) is 1. The van der Waals surface area contributed by atoms with Gasteiger partial charge in [-0.1, -0.05) is 30.3 Å². The van der Waals surface area contributed by atoms with Crippen molar-refractivity contribution in [1.82, 2.24) is 10.2 Å². The molecule has 2 saturated heterocycles. The molecular weight excluding hydrogens is 288 g/mol. The first-order chi connectivity index (χ1) is 11.3. The van der Waals surface area contributed by atoms with E-state index in [1.165, 1.54) is 12.8 Å². The molecule has 0 bridgehead atoms. The fourth-order valence-electron chi connectivity index (χ4n) is 3.74. The molecule has 4 nitrogen and oxygen atoms in total. The second kappa shape index (κ2) is 6.46. The summed E-state index contributed by atoms with van der Waals surface area (Å²) in [6, 6.07) is 10.6. The molecule has 0 spiro atoms. The molecule has 3 atom stereocenters. The number of carbonyl (C=O) groups is 1. The number of hydrogen-bond donors (Lipinski definition) is 1. The monoisotopic (exact) mass is 312 g/mol. The van der Waals surface area contributed by atoms with Gasteiger partial charge in [-0.15, -0.1) is 0 Å². The molecule has 1 aliphatic carbocycles. The molecule has 1 aromatic carbocycles. The fraction of sp³-hybridized carbons (Fsp3) is 0.526. The molecule has 122 valence electrons.